The Morgan fingerprint density at radius 1 is 1.21 bits per heavy atom. The molecule has 1 heterocycles. The second kappa shape index (κ2) is 10.9. The van der Waals surface area contributed by atoms with Crippen LogP contribution in [0.5, 0.6) is 0 Å². The summed E-state index contributed by atoms with van der Waals surface area (Å²) in [4.78, 5) is 4.53. The lowest BCUT2D eigenvalue weighted by atomic mass is 10.2. The van der Waals surface area contributed by atoms with E-state index in [1.807, 2.05) is 25.1 Å². The van der Waals surface area contributed by atoms with E-state index in [0.29, 0.717) is 16.7 Å². The molecule has 0 bridgehead atoms. The number of hydrogen-bond donors (Lipinski definition) is 1. The smallest absolute Gasteiger partial charge is 0.173 e. The maximum Gasteiger partial charge on any atom is 0.173 e. The third kappa shape index (κ3) is 6.93. The average Bonchev–Trinajstić information content (AvgIpc) is 2.72. The van der Waals surface area contributed by atoms with Gasteiger partial charge in [-0.1, -0.05) is 29.8 Å². The molecule has 3 rings (SSSR count). The van der Waals surface area contributed by atoms with Gasteiger partial charge in [-0.2, -0.15) is 0 Å². The predicted molar refractivity (Wildman–Crippen MR) is 121 cm³/mol. The van der Waals surface area contributed by atoms with Gasteiger partial charge in [0.2, 0.25) is 0 Å². The number of nitrogens with one attached hydrogen (secondary N) is 1. The van der Waals surface area contributed by atoms with Gasteiger partial charge in [0.25, 0.3) is 0 Å². The second-order valence-corrected chi connectivity index (χ2v) is 8.04. The first-order valence-electron chi connectivity index (χ1n) is 9.88. The molecule has 0 saturated carbocycles. The molecule has 1 aliphatic heterocycles. The Hall–Kier alpha value is -1.73. The van der Waals surface area contributed by atoms with E-state index in [1.165, 1.54) is 12.1 Å². The molecule has 0 amide bonds. The lowest BCUT2D eigenvalue weighted by Gasteiger charge is -2.29. The van der Waals surface area contributed by atoms with Gasteiger partial charge in [-0.3, -0.25) is 4.90 Å². The summed E-state index contributed by atoms with van der Waals surface area (Å²) in [6.45, 7) is 7.94. The zero-order valence-electron chi connectivity index (χ0n) is 16.7. The van der Waals surface area contributed by atoms with Crippen LogP contribution in [0.4, 0.5) is 10.1 Å². The highest BCUT2D eigenvalue weighted by molar-refractivity contribution is 7.80. The second-order valence-electron chi connectivity index (χ2n) is 7.25. The van der Waals surface area contributed by atoms with Gasteiger partial charge in [-0.25, -0.2) is 4.39 Å². The van der Waals surface area contributed by atoms with Crippen molar-refractivity contribution >= 4 is 34.6 Å². The molecule has 7 heteroatoms. The van der Waals surface area contributed by atoms with Crippen molar-refractivity contribution in [2.24, 2.45) is 0 Å². The largest absolute Gasteiger partial charge is 0.379 e. The first-order valence-corrected chi connectivity index (χ1v) is 10.7. The molecule has 0 unspecified atom stereocenters. The van der Waals surface area contributed by atoms with Crippen molar-refractivity contribution < 1.29 is 9.13 Å². The van der Waals surface area contributed by atoms with E-state index in [2.05, 4.69) is 15.1 Å². The summed E-state index contributed by atoms with van der Waals surface area (Å²) < 4.78 is 18.7. The van der Waals surface area contributed by atoms with Gasteiger partial charge in [0.05, 0.1) is 13.2 Å². The van der Waals surface area contributed by atoms with Gasteiger partial charge >= 0.3 is 0 Å². The van der Waals surface area contributed by atoms with Crippen molar-refractivity contribution in [1.82, 2.24) is 9.80 Å². The van der Waals surface area contributed by atoms with Crippen molar-refractivity contribution in [3.8, 4) is 0 Å². The molecule has 0 aliphatic carbocycles. The summed E-state index contributed by atoms with van der Waals surface area (Å²) in [6.07, 6.45) is 0.984. The van der Waals surface area contributed by atoms with Gasteiger partial charge < -0.3 is 15.0 Å². The highest BCUT2D eigenvalue weighted by atomic mass is 35.5. The maximum absolute atomic E-state index is 13.3. The van der Waals surface area contributed by atoms with Gasteiger partial charge in [-0.05, 0) is 61.0 Å². The zero-order valence-corrected chi connectivity index (χ0v) is 18.2. The molecule has 156 valence electrons. The van der Waals surface area contributed by atoms with Crippen LogP contribution in [-0.2, 0) is 11.3 Å². The minimum absolute atomic E-state index is 0.234. The molecule has 1 fully saturated rings. The Labute approximate surface area is 182 Å². The Morgan fingerprint density at radius 2 is 1.93 bits per heavy atom. The fourth-order valence-electron chi connectivity index (χ4n) is 3.25. The highest BCUT2D eigenvalue weighted by Crippen LogP contribution is 2.20. The molecule has 0 atom stereocenters. The van der Waals surface area contributed by atoms with E-state index in [4.69, 9.17) is 28.6 Å². The fraction of sp³-hybridized carbons (Fsp3) is 0.409. The van der Waals surface area contributed by atoms with E-state index in [-0.39, 0.29) is 5.82 Å². The van der Waals surface area contributed by atoms with Crippen molar-refractivity contribution in [3.63, 3.8) is 0 Å². The number of thiocarbonyl (C=S) groups is 1. The first kappa shape index (κ1) is 22.0. The highest BCUT2D eigenvalue weighted by Gasteiger charge is 2.14. The quantitative estimate of drug-likeness (QED) is 0.636. The third-order valence-electron chi connectivity index (χ3n) is 5.00. The average molecular weight is 436 g/mol. The van der Waals surface area contributed by atoms with Crippen LogP contribution in [0, 0.1) is 12.7 Å². The number of benzene rings is 2. The topological polar surface area (TPSA) is 27.7 Å². The molecule has 0 aromatic heterocycles. The molecule has 2 aromatic rings. The fourth-order valence-corrected chi connectivity index (χ4v) is 3.70. The van der Waals surface area contributed by atoms with Crippen molar-refractivity contribution in [1.29, 1.82) is 0 Å². The van der Waals surface area contributed by atoms with Crippen LogP contribution in [0.15, 0.2) is 42.5 Å². The van der Waals surface area contributed by atoms with Crippen molar-refractivity contribution in [2.45, 2.75) is 19.9 Å². The molecular weight excluding hydrogens is 409 g/mol. The van der Waals surface area contributed by atoms with Gasteiger partial charge in [0.15, 0.2) is 5.11 Å². The summed E-state index contributed by atoms with van der Waals surface area (Å²) in [5, 5.41) is 4.63. The van der Waals surface area contributed by atoms with Crippen LogP contribution in [0.2, 0.25) is 5.02 Å². The van der Waals surface area contributed by atoms with E-state index >= 15 is 0 Å². The van der Waals surface area contributed by atoms with Crippen LogP contribution >= 0.6 is 23.8 Å². The predicted octanol–water partition coefficient (Wildman–Crippen LogP) is 4.71. The Morgan fingerprint density at radius 3 is 2.62 bits per heavy atom. The minimum atomic E-state index is -0.234. The monoisotopic (exact) mass is 435 g/mol. The Kier molecular flexibility index (Phi) is 8.24. The Balaban J connectivity index is 1.63. The molecule has 0 spiro atoms. The summed E-state index contributed by atoms with van der Waals surface area (Å²) in [5.74, 6) is -0.234. The number of anilines is 1. The molecule has 4 nitrogen and oxygen atoms in total. The standard InChI is InChI=1S/C22H27ClFN3OS/c1-17-3-8-20(15-21(17)23)25-22(29)27(16-18-4-6-19(24)7-5-18)10-2-9-26-11-13-28-14-12-26/h3-8,15H,2,9-14,16H2,1H3,(H,25,29). The van der Waals surface area contributed by atoms with Crippen LogP contribution in [0.3, 0.4) is 0 Å². The number of rotatable bonds is 7. The summed E-state index contributed by atoms with van der Waals surface area (Å²) in [7, 11) is 0. The molecule has 1 saturated heterocycles. The summed E-state index contributed by atoms with van der Waals surface area (Å²) >= 11 is 11.9. The van der Waals surface area contributed by atoms with E-state index < -0.39 is 0 Å². The molecule has 2 aromatic carbocycles. The number of aryl methyl sites for hydroxylation is 1. The minimum Gasteiger partial charge on any atom is -0.379 e. The molecule has 0 radical (unpaired) electrons. The van der Waals surface area contributed by atoms with Crippen LogP contribution in [0.1, 0.15) is 17.5 Å². The molecule has 1 aliphatic rings. The lowest BCUT2D eigenvalue weighted by molar-refractivity contribution is 0.0368. The number of hydrogen-bond acceptors (Lipinski definition) is 3. The summed E-state index contributed by atoms with van der Waals surface area (Å²) in [6, 6.07) is 12.4. The Bertz CT molecular complexity index is 812. The maximum atomic E-state index is 13.3. The van der Waals surface area contributed by atoms with Gasteiger partial charge in [0, 0.05) is 43.4 Å². The summed E-state index contributed by atoms with van der Waals surface area (Å²) in [5.41, 5.74) is 2.91. The van der Waals surface area contributed by atoms with E-state index in [9.17, 15) is 4.39 Å². The van der Waals surface area contributed by atoms with Gasteiger partial charge in [-0.15, -0.1) is 0 Å². The number of nitrogens with zero attached hydrogens (tertiary/aromatic N) is 2. The zero-order chi connectivity index (χ0) is 20.6. The van der Waals surface area contributed by atoms with Crippen LogP contribution in [-0.4, -0.2) is 54.3 Å². The van der Waals surface area contributed by atoms with E-state index in [1.54, 1.807) is 12.1 Å². The SMILES string of the molecule is Cc1ccc(NC(=S)N(CCCN2CCOCC2)Cc2ccc(F)cc2)cc1Cl. The molecule has 29 heavy (non-hydrogen) atoms. The number of halogens is 2. The van der Waals surface area contributed by atoms with E-state index in [0.717, 1.165) is 62.6 Å². The molecule has 1 N–H and O–H groups in total. The number of morpholine rings is 1. The third-order valence-corrected chi connectivity index (χ3v) is 5.77. The lowest BCUT2D eigenvalue weighted by Crippen LogP contribution is -2.40. The van der Waals surface area contributed by atoms with Crippen LogP contribution < -0.4 is 5.32 Å². The normalized spacial score (nSPS) is 14.6. The molecular formula is C22H27ClFN3OS. The van der Waals surface area contributed by atoms with Crippen LogP contribution in [0.25, 0.3) is 0 Å². The first-order chi connectivity index (χ1) is 14.0. The number of ether oxygens (including phenoxy) is 1. The van der Waals surface area contributed by atoms with Crippen molar-refractivity contribution in [2.75, 3.05) is 44.7 Å². The van der Waals surface area contributed by atoms with Gasteiger partial charge in [0.1, 0.15) is 5.82 Å². The van der Waals surface area contributed by atoms with Crippen molar-refractivity contribution in [3.05, 3.63) is 64.4 Å².